The van der Waals surface area contributed by atoms with Crippen molar-refractivity contribution in [2.75, 3.05) is 5.75 Å². The molecule has 0 spiro atoms. The summed E-state index contributed by atoms with van der Waals surface area (Å²) in [5.41, 5.74) is 1.11. The van der Waals surface area contributed by atoms with E-state index < -0.39 is 23.0 Å². The van der Waals surface area contributed by atoms with Gasteiger partial charge in [0.05, 0.1) is 28.8 Å². The number of aliphatic hydroxyl groups excluding tert-OH is 2. The Kier molecular flexibility index (Phi) is 6.99. The zero-order chi connectivity index (χ0) is 14.3. The van der Waals surface area contributed by atoms with E-state index in [2.05, 4.69) is 6.58 Å². The van der Waals surface area contributed by atoms with Gasteiger partial charge in [0.2, 0.25) is 0 Å². The van der Waals surface area contributed by atoms with Crippen LogP contribution in [0.2, 0.25) is 0 Å². The molecular formula is C15H22O3S. The van der Waals surface area contributed by atoms with Gasteiger partial charge in [0.1, 0.15) is 0 Å². The Bertz CT molecular complexity index is 414. The first-order valence-electron chi connectivity index (χ1n) is 6.45. The molecule has 3 nitrogen and oxygen atoms in total. The first-order chi connectivity index (χ1) is 9.02. The number of aliphatic hydroxyl groups is 2. The van der Waals surface area contributed by atoms with Crippen LogP contribution in [0.15, 0.2) is 41.8 Å². The van der Waals surface area contributed by atoms with Gasteiger partial charge in [-0.1, -0.05) is 23.8 Å². The highest BCUT2D eigenvalue weighted by molar-refractivity contribution is 7.85. The van der Waals surface area contributed by atoms with Crippen LogP contribution in [0.3, 0.4) is 0 Å². The van der Waals surface area contributed by atoms with Crippen molar-refractivity contribution in [1.29, 1.82) is 0 Å². The molecule has 0 fully saturated rings. The highest BCUT2D eigenvalue weighted by Gasteiger charge is 2.15. The second-order valence-electron chi connectivity index (χ2n) is 4.73. The Morgan fingerprint density at radius 1 is 1.26 bits per heavy atom. The van der Waals surface area contributed by atoms with Crippen molar-refractivity contribution < 1.29 is 14.4 Å². The lowest BCUT2D eigenvalue weighted by molar-refractivity contribution is 0.0877. The third kappa shape index (κ3) is 6.14. The van der Waals surface area contributed by atoms with Gasteiger partial charge in [-0.25, -0.2) is 0 Å². The van der Waals surface area contributed by atoms with Crippen LogP contribution >= 0.6 is 0 Å². The van der Waals surface area contributed by atoms with Crippen LogP contribution in [0, 0.1) is 6.92 Å². The maximum atomic E-state index is 12.0. The summed E-state index contributed by atoms with van der Waals surface area (Å²) >= 11 is 0. The third-order valence-electron chi connectivity index (χ3n) is 2.88. The zero-order valence-corrected chi connectivity index (χ0v) is 12.1. The number of aryl methyl sites for hydroxylation is 1. The molecule has 0 aliphatic carbocycles. The Labute approximate surface area is 117 Å². The number of benzene rings is 1. The molecule has 0 aliphatic heterocycles. The summed E-state index contributed by atoms with van der Waals surface area (Å²) in [5.74, 6) is 0.161. The van der Waals surface area contributed by atoms with Crippen molar-refractivity contribution in [1.82, 2.24) is 0 Å². The van der Waals surface area contributed by atoms with E-state index in [1.54, 1.807) is 6.08 Å². The molecule has 0 saturated heterocycles. The maximum absolute atomic E-state index is 12.0. The lowest BCUT2D eigenvalue weighted by Crippen LogP contribution is -2.23. The summed E-state index contributed by atoms with van der Waals surface area (Å²) in [6, 6.07) is 7.43. The van der Waals surface area contributed by atoms with Crippen LogP contribution in [-0.4, -0.2) is 32.4 Å². The Morgan fingerprint density at radius 3 is 2.47 bits per heavy atom. The van der Waals surface area contributed by atoms with Gasteiger partial charge in [-0.2, -0.15) is 0 Å². The van der Waals surface area contributed by atoms with Crippen LogP contribution in [0.4, 0.5) is 0 Å². The molecule has 1 aromatic carbocycles. The molecule has 106 valence electrons. The number of hydrogen-bond acceptors (Lipinski definition) is 3. The normalized spacial score (nSPS) is 15.7. The molecule has 2 N–H and O–H groups in total. The summed E-state index contributed by atoms with van der Waals surface area (Å²) in [5, 5.41) is 19.5. The lowest BCUT2D eigenvalue weighted by Gasteiger charge is -2.14. The van der Waals surface area contributed by atoms with Crippen molar-refractivity contribution >= 4 is 10.8 Å². The van der Waals surface area contributed by atoms with Crippen molar-refractivity contribution in [3.05, 3.63) is 42.5 Å². The van der Waals surface area contributed by atoms with Crippen LogP contribution in [0.25, 0.3) is 0 Å². The second kappa shape index (κ2) is 8.25. The molecule has 0 amide bonds. The molecular weight excluding hydrogens is 260 g/mol. The van der Waals surface area contributed by atoms with Crippen molar-refractivity contribution in [3.63, 3.8) is 0 Å². The average molecular weight is 282 g/mol. The molecule has 0 heterocycles. The fourth-order valence-corrected chi connectivity index (χ4v) is 2.89. The Hall–Kier alpha value is -0.970. The minimum atomic E-state index is -1.23. The number of allylic oxidation sites excluding steroid dienone is 1. The molecule has 1 aromatic rings. The van der Waals surface area contributed by atoms with Gasteiger partial charge < -0.3 is 10.2 Å². The quantitative estimate of drug-likeness (QED) is 0.719. The first-order valence-corrected chi connectivity index (χ1v) is 7.77. The molecule has 3 atom stereocenters. The fourth-order valence-electron chi connectivity index (χ4n) is 1.77. The van der Waals surface area contributed by atoms with E-state index in [-0.39, 0.29) is 12.2 Å². The van der Waals surface area contributed by atoms with Crippen molar-refractivity contribution in [3.8, 4) is 0 Å². The molecule has 0 radical (unpaired) electrons. The van der Waals surface area contributed by atoms with Gasteiger partial charge in [0.25, 0.3) is 0 Å². The molecule has 0 aromatic heterocycles. The largest absolute Gasteiger partial charge is 0.393 e. The molecule has 0 aliphatic rings. The van der Waals surface area contributed by atoms with E-state index in [1.165, 1.54) is 0 Å². The molecule has 4 heteroatoms. The Morgan fingerprint density at radius 2 is 1.89 bits per heavy atom. The van der Waals surface area contributed by atoms with E-state index in [0.29, 0.717) is 11.3 Å². The predicted molar refractivity (Wildman–Crippen MR) is 78.5 cm³/mol. The van der Waals surface area contributed by atoms with Gasteiger partial charge in [-0.05, 0) is 31.9 Å². The van der Waals surface area contributed by atoms with Gasteiger partial charge in [0.15, 0.2) is 0 Å². The smallest absolute Gasteiger partial charge is 0.0683 e. The molecule has 1 rings (SSSR count). The first kappa shape index (κ1) is 16.1. The predicted octanol–water partition coefficient (Wildman–Crippen LogP) is 2.18. The van der Waals surface area contributed by atoms with Gasteiger partial charge in [-0.15, -0.1) is 6.58 Å². The van der Waals surface area contributed by atoms with E-state index in [4.69, 9.17) is 0 Å². The van der Waals surface area contributed by atoms with E-state index in [1.807, 2.05) is 31.2 Å². The minimum absolute atomic E-state index is 0.161. The van der Waals surface area contributed by atoms with Gasteiger partial charge >= 0.3 is 0 Å². The van der Waals surface area contributed by atoms with E-state index in [0.717, 1.165) is 12.0 Å². The van der Waals surface area contributed by atoms with Gasteiger partial charge in [-0.3, -0.25) is 4.21 Å². The van der Waals surface area contributed by atoms with Crippen LogP contribution in [0.5, 0.6) is 0 Å². The number of rotatable bonds is 8. The summed E-state index contributed by atoms with van der Waals surface area (Å²) in [6.45, 7) is 5.55. The standard InChI is InChI=1S/C15H22O3S/c1-3-4-5-13(16)10-14(17)11-19(18)15-8-6-12(2)7-9-15/h3,6-9,13-14,16-17H,1,4-5,10-11H2,2H3/t13-,14-,19?/m0/s1. The van der Waals surface area contributed by atoms with Crippen molar-refractivity contribution in [2.45, 2.75) is 43.3 Å². The summed E-state index contributed by atoms with van der Waals surface area (Å²) in [6.07, 6.45) is 1.98. The minimum Gasteiger partial charge on any atom is -0.393 e. The Balaban J connectivity index is 2.43. The molecule has 19 heavy (non-hydrogen) atoms. The van der Waals surface area contributed by atoms with Crippen LogP contribution in [0.1, 0.15) is 24.8 Å². The van der Waals surface area contributed by atoms with Crippen LogP contribution < -0.4 is 0 Å². The maximum Gasteiger partial charge on any atom is 0.0683 e. The monoisotopic (exact) mass is 282 g/mol. The highest BCUT2D eigenvalue weighted by atomic mass is 32.2. The topological polar surface area (TPSA) is 57.5 Å². The van der Waals surface area contributed by atoms with Crippen LogP contribution in [-0.2, 0) is 10.8 Å². The SMILES string of the molecule is C=CCC[C@H](O)C[C@H](O)CS(=O)c1ccc(C)cc1. The zero-order valence-electron chi connectivity index (χ0n) is 11.3. The number of hydrogen-bond donors (Lipinski definition) is 2. The highest BCUT2D eigenvalue weighted by Crippen LogP contribution is 2.12. The third-order valence-corrected chi connectivity index (χ3v) is 4.36. The molecule has 0 bridgehead atoms. The van der Waals surface area contributed by atoms with Gasteiger partial charge in [0, 0.05) is 11.3 Å². The molecule has 0 saturated carbocycles. The summed E-state index contributed by atoms with van der Waals surface area (Å²) in [4.78, 5) is 0.713. The summed E-state index contributed by atoms with van der Waals surface area (Å²) < 4.78 is 12.0. The fraction of sp³-hybridized carbons (Fsp3) is 0.467. The van der Waals surface area contributed by atoms with Crippen molar-refractivity contribution in [2.24, 2.45) is 0 Å². The average Bonchev–Trinajstić information content (AvgIpc) is 2.36. The lowest BCUT2D eigenvalue weighted by atomic mass is 10.1. The second-order valence-corrected chi connectivity index (χ2v) is 6.23. The molecule has 1 unspecified atom stereocenters. The van der Waals surface area contributed by atoms with E-state index >= 15 is 0 Å². The summed E-state index contributed by atoms with van der Waals surface area (Å²) in [7, 11) is -1.23. The van der Waals surface area contributed by atoms with E-state index in [9.17, 15) is 14.4 Å².